The van der Waals surface area contributed by atoms with Crippen LogP contribution in [0.3, 0.4) is 0 Å². The molecule has 1 atom stereocenters. The van der Waals surface area contributed by atoms with Crippen LogP contribution in [-0.4, -0.2) is 13.7 Å². The van der Waals surface area contributed by atoms with Crippen molar-refractivity contribution in [1.82, 2.24) is 4.98 Å². The smallest absolute Gasteiger partial charge is 0.768 e. The standard InChI is InChI=1S/C5H4ClNO2S.Na/c6-5-2-1-4(3-7-5)10(8)9;/h1-3H,(H,8,9);/q;+1/p-1. The van der Waals surface area contributed by atoms with E-state index in [1.54, 1.807) is 0 Å². The molecule has 54 valence electrons. The predicted molar refractivity (Wildman–Crippen MR) is 36.4 cm³/mol. The fraction of sp³-hybridized carbons (Fsp3) is 0. The Kier molecular flexibility index (Phi) is 5.50. The summed E-state index contributed by atoms with van der Waals surface area (Å²) in [6.07, 6.45) is 1.20. The van der Waals surface area contributed by atoms with Crippen LogP contribution in [-0.2, 0) is 11.1 Å². The number of hydrogen-bond donors (Lipinski definition) is 0. The Morgan fingerprint density at radius 3 is 2.55 bits per heavy atom. The SMILES string of the molecule is O=S([O-])c1ccc(Cl)nc1.[Na+]. The average Bonchev–Trinajstić information content (AvgIpc) is 1.88. The molecule has 1 heterocycles. The van der Waals surface area contributed by atoms with Crippen LogP contribution < -0.4 is 29.6 Å². The summed E-state index contributed by atoms with van der Waals surface area (Å²) in [6, 6.07) is 2.81. The van der Waals surface area contributed by atoms with Gasteiger partial charge in [0.2, 0.25) is 0 Å². The number of pyridine rings is 1. The summed E-state index contributed by atoms with van der Waals surface area (Å²) in [5.41, 5.74) is 0. The maximum absolute atomic E-state index is 10.2. The maximum Gasteiger partial charge on any atom is 1.00 e. The number of rotatable bonds is 1. The fourth-order valence-electron chi connectivity index (χ4n) is 0.461. The summed E-state index contributed by atoms with van der Waals surface area (Å²) in [4.78, 5) is 3.72. The van der Waals surface area contributed by atoms with E-state index in [1.807, 2.05) is 0 Å². The molecule has 0 aliphatic heterocycles. The van der Waals surface area contributed by atoms with Crippen LogP contribution in [0.5, 0.6) is 0 Å². The van der Waals surface area contributed by atoms with Gasteiger partial charge in [-0.15, -0.1) is 0 Å². The van der Waals surface area contributed by atoms with E-state index in [4.69, 9.17) is 11.6 Å². The Morgan fingerprint density at radius 2 is 2.18 bits per heavy atom. The van der Waals surface area contributed by atoms with Gasteiger partial charge in [-0.25, -0.2) is 4.98 Å². The summed E-state index contributed by atoms with van der Waals surface area (Å²) in [6.45, 7) is 0. The molecule has 0 saturated carbocycles. The second-order valence-corrected chi connectivity index (χ2v) is 2.88. The largest absolute Gasteiger partial charge is 1.00 e. The van der Waals surface area contributed by atoms with Gasteiger partial charge in [-0.2, -0.15) is 0 Å². The van der Waals surface area contributed by atoms with Crippen molar-refractivity contribution < 1.29 is 38.3 Å². The Hall–Kier alpha value is 0.550. The van der Waals surface area contributed by atoms with Crippen molar-refractivity contribution in [2.75, 3.05) is 0 Å². The average molecular weight is 200 g/mol. The first-order chi connectivity index (χ1) is 4.70. The molecule has 0 bridgehead atoms. The molecule has 0 aliphatic rings. The Bertz CT molecular complexity index is 253. The maximum atomic E-state index is 10.2. The second kappa shape index (κ2) is 5.24. The zero-order chi connectivity index (χ0) is 7.56. The third-order valence-corrected chi connectivity index (χ3v) is 1.74. The first kappa shape index (κ1) is 11.6. The van der Waals surface area contributed by atoms with E-state index >= 15 is 0 Å². The summed E-state index contributed by atoms with van der Waals surface area (Å²) >= 11 is 3.20. The van der Waals surface area contributed by atoms with Crippen LogP contribution >= 0.6 is 11.6 Å². The molecule has 0 fully saturated rings. The van der Waals surface area contributed by atoms with Crippen molar-refractivity contribution in [3.63, 3.8) is 0 Å². The Morgan fingerprint density at radius 1 is 1.55 bits per heavy atom. The normalized spacial score (nSPS) is 11.8. The first-order valence-electron chi connectivity index (χ1n) is 2.41. The molecule has 0 radical (unpaired) electrons. The zero-order valence-electron chi connectivity index (χ0n) is 5.78. The van der Waals surface area contributed by atoms with Gasteiger partial charge in [-0.1, -0.05) is 11.6 Å². The van der Waals surface area contributed by atoms with Gasteiger partial charge < -0.3 is 4.55 Å². The molecule has 0 aromatic carbocycles. The van der Waals surface area contributed by atoms with Crippen molar-refractivity contribution in [3.05, 3.63) is 23.5 Å². The molecule has 0 amide bonds. The Balaban J connectivity index is 0.000001000. The monoisotopic (exact) mass is 199 g/mol. The van der Waals surface area contributed by atoms with Gasteiger partial charge in [0.1, 0.15) is 5.15 Å². The third-order valence-electron chi connectivity index (χ3n) is 0.893. The molecule has 6 heteroatoms. The summed E-state index contributed by atoms with van der Waals surface area (Å²) in [7, 11) is 0. The van der Waals surface area contributed by atoms with E-state index in [1.165, 1.54) is 18.3 Å². The molecule has 1 aromatic heterocycles. The molecular formula is C5H3ClNNaO2S. The van der Waals surface area contributed by atoms with Gasteiger partial charge in [-0.05, 0) is 23.2 Å². The van der Waals surface area contributed by atoms with Crippen LogP contribution in [0.25, 0.3) is 0 Å². The minimum Gasteiger partial charge on any atom is -0.768 e. The van der Waals surface area contributed by atoms with E-state index in [2.05, 4.69) is 4.98 Å². The van der Waals surface area contributed by atoms with Gasteiger partial charge in [-0.3, -0.25) is 4.21 Å². The predicted octanol–water partition coefficient (Wildman–Crippen LogP) is -2.02. The van der Waals surface area contributed by atoms with Gasteiger partial charge in [0.05, 0.1) is 0 Å². The Labute approximate surface area is 93.7 Å². The molecule has 1 aromatic rings. The summed E-state index contributed by atoms with van der Waals surface area (Å²) in [5.74, 6) is 0. The van der Waals surface area contributed by atoms with E-state index in [-0.39, 0.29) is 39.6 Å². The van der Waals surface area contributed by atoms with Gasteiger partial charge >= 0.3 is 29.6 Å². The van der Waals surface area contributed by atoms with Gasteiger partial charge in [0.25, 0.3) is 0 Å². The molecular weight excluding hydrogens is 197 g/mol. The molecule has 0 N–H and O–H groups in total. The van der Waals surface area contributed by atoms with Gasteiger partial charge in [0, 0.05) is 11.1 Å². The molecule has 0 aliphatic carbocycles. The third kappa shape index (κ3) is 3.64. The first-order valence-corrected chi connectivity index (χ1v) is 3.86. The fourth-order valence-corrected chi connectivity index (χ4v) is 0.891. The van der Waals surface area contributed by atoms with Crippen molar-refractivity contribution in [1.29, 1.82) is 0 Å². The summed E-state index contributed by atoms with van der Waals surface area (Å²) in [5, 5.41) is 0.286. The quantitative estimate of drug-likeness (QED) is 0.298. The van der Waals surface area contributed by atoms with Crippen molar-refractivity contribution in [2.24, 2.45) is 0 Å². The summed E-state index contributed by atoms with van der Waals surface area (Å²) < 4.78 is 20.5. The number of aromatic nitrogens is 1. The van der Waals surface area contributed by atoms with Crippen LogP contribution in [0.2, 0.25) is 5.15 Å². The van der Waals surface area contributed by atoms with Crippen LogP contribution in [0.4, 0.5) is 0 Å². The number of hydrogen-bond acceptors (Lipinski definition) is 3. The van der Waals surface area contributed by atoms with Crippen LogP contribution in [0, 0.1) is 0 Å². The van der Waals surface area contributed by atoms with E-state index in [0.717, 1.165) is 0 Å². The van der Waals surface area contributed by atoms with E-state index in [9.17, 15) is 8.76 Å². The van der Waals surface area contributed by atoms with Crippen molar-refractivity contribution >= 4 is 22.7 Å². The molecule has 11 heavy (non-hydrogen) atoms. The van der Waals surface area contributed by atoms with Crippen LogP contribution in [0.1, 0.15) is 0 Å². The van der Waals surface area contributed by atoms with Crippen molar-refractivity contribution in [2.45, 2.75) is 4.90 Å². The van der Waals surface area contributed by atoms with Crippen LogP contribution in [0.15, 0.2) is 23.2 Å². The molecule has 1 unspecified atom stereocenters. The van der Waals surface area contributed by atoms with Gasteiger partial charge in [0.15, 0.2) is 0 Å². The topological polar surface area (TPSA) is 53.0 Å². The number of nitrogens with zero attached hydrogens (tertiary/aromatic N) is 1. The van der Waals surface area contributed by atoms with E-state index < -0.39 is 11.1 Å². The second-order valence-electron chi connectivity index (χ2n) is 1.55. The minimum atomic E-state index is -2.21. The molecule has 0 saturated heterocycles. The molecule has 1 rings (SSSR count). The molecule has 3 nitrogen and oxygen atoms in total. The van der Waals surface area contributed by atoms with Crippen molar-refractivity contribution in [3.8, 4) is 0 Å². The van der Waals surface area contributed by atoms with E-state index in [0.29, 0.717) is 0 Å². The molecule has 0 spiro atoms. The number of halogens is 1. The zero-order valence-corrected chi connectivity index (χ0v) is 9.35. The minimum absolute atomic E-state index is 0.